The fourth-order valence-electron chi connectivity index (χ4n) is 3.70. The van der Waals surface area contributed by atoms with Gasteiger partial charge in [0, 0.05) is 19.2 Å². The van der Waals surface area contributed by atoms with E-state index >= 15 is 0 Å². The number of benzene rings is 2. The van der Waals surface area contributed by atoms with Gasteiger partial charge in [-0.1, -0.05) is 42.0 Å². The predicted molar refractivity (Wildman–Crippen MR) is 118 cm³/mol. The molecule has 2 aromatic carbocycles. The Balaban J connectivity index is 1.39. The first kappa shape index (κ1) is 20.2. The summed E-state index contributed by atoms with van der Waals surface area (Å²) >= 11 is 0. The lowest BCUT2D eigenvalue weighted by Crippen LogP contribution is -2.48. The van der Waals surface area contributed by atoms with Gasteiger partial charge in [-0.3, -0.25) is 4.99 Å². The summed E-state index contributed by atoms with van der Waals surface area (Å²) in [6, 6.07) is 16.6. The van der Waals surface area contributed by atoms with E-state index in [1.165, 1.54) is 16.7 Å². The minimum Gasteiger partial charge on any atom is -0.444 e. The lowest BCUT2D eigenvalue weighted by molar-refractivity contribution is -0.00834. The summed E-state index contributed by atoms with van der Waals surface area (Å²) in [5, 5.41) is 3.41. The maximum atomic E-state index is 6.04. The molecule has 0 saturated carbocycles. The highest BCUT2D eigenvalue weighted by Gasteiger charge is 2.25. The molecule has 156 valence electrons. The third-order valence-electron chi connectivity index (χ3n) is 5.39. The molecule has 6 heteroatoms. The quantitative estimate of drug-likeness (QED) is 0.524. The number of aryl methyl sites for hydroxylation is 2. The molecule has 3 aromatic rings. The zero-order valence-corrected chi connectivity index (χ0v) is 17.8. The first-order valence-corrected chi connectivity index (χ1v) is 10.3. The smallest absolute Gasteiger partial charge is 0.226 e. The summed E-state index contributed by atoms with van der Waals surface area (Å²) in [5.41, 5.74) is 5.52. The maximum Gasteiger partial charge on any atom is 0.226 e. The van der Waals surface area contributed by atoms with Crippen LogP contribution in [0.5, 0.6) is 0 Å². The van der Waals surface area contributed by atoms with Crippen molar-refractivity contribution in [3.63, 3.8) is 0 Å². The van der Waals surface area contributed by atoms with Crippen molar-refractivity contribution in [2.75, 3.05) is 26.7 Å². The molecular formula is C24H28N4O2. The SMILES string of the molecule is CN=C(NCc1coc(-c2ccc(C)cc2)n1)N1CCOC(c2ccccc2C)C1. The second kappa shape index (κ2) is 9.13. The summed E-state index contributed by atoms with van der Waals surface area (Å²) < 4.78 is 11.7. The molecule has 2 heterocycles. The minimum atomic E-state index is 0.0405. The average molecular weight is 405 g/mol. The summed E-state index contributed by atoms with van der Waals surface area (Å²) in [5.74, 6) is 1.48. The first-order chi connectivity index (χ1) is 14.6. The monoisotopic (exact) mass is 404 g/mol. The summed E-state index contributed by atoms with van der Waals surface area (Å²) in [6.45, 7) is 6.97. The number of rotatable bonds is 4. The van der Waals surface area contributed by atoms with Crippen LogP contribution < -0.4 is 5.32 Å². The molecule has 0 spiro atoms. The van der Waals surface area contributed by atoms with Gasteiger partial charge in [-0.15, -0.1) is 0 Å². The van der Waals surface area contributed by atoms with Crippen molar-refractivity contribution in [1.29, 1.82) is 0 Å². The second-order valence-electron chi connectivity index (χ2n) is 7.57. The number of aliphatic imine (C=N–C) groups is 1. The van der Waals surface area contributed by atoms with Crippen LogP contribution in [0.1, 0.15) is 28.5 Å². The van der Waals surface area contributed by atoms with Gasteiger partial charge in [-0.05, 0) is 37.1 Å². The molecule has 1 N–H and O–H groups in total. The number of morpholine rings is 1. The number of guanidine groups is 1. The van der Waals surface area contributed by atoms with Gasteiger partial charge in [0.05, 0.1) is 25.4 Å². The van der Waals surface area contributed by atoms with Crippen LogP contribution in [0.25, 0.3) is 11.5 Å². The fraction of sp³-hybridized carbons (Fsp3) is 0.333. The van der Waals surface area contributed by atoms with Crippen LogP contribution in [0.2, 0.25) is 0 Å². The molecule has 1 aromatic heterocycles. The standard InChI is InChI=1S/C24H28N4O2/c1-17-8-10-19(11-9-17)23-27-20(16-30-23)14-26-24(25-3)28-12-13-29-22(15-28)21-7-5-4-6-18(21)2/h4-11,16,22H,12-15H2,1-3H3,(H,25,26). The maximum absolute atomic E-state index is 6.04. The number of ether oxygens (including phenoxy) is 1. The number of nitrogens with one attached hydrogen (secondary N) is 1. The molecule has 1 atom stereocenters. The predicted octanol–water partition coefficient (Wildman–Crippen LogP) is 4.11. The largest absolute Gasteiger partial charge is 0.444 e. The van der Waals surface area contributed by atoms with Crippen LogP contribution in [0.3, 0.4) is 0 Å². The molecule has 30 heavy (non-hydrogen) atoms. The van der Waals surface area contributed by atoms with Crippen LogP contribution in [0.15, 0.2) is 64.2 Å². The molecule has 0 amide bonds. The van der Waals surface area contributed by atoms with Crippen molar-refractivity contribution in [1.82, 2.24) is 15.2 Å². The normalized spacial score (nSPS) is 17.2. The van der Waals surface area contributed by atoms with Crippen molar-refractivity contribution in [2.24, 2.45) is 4.99 Å². The second-order valence-corrected chi connectivity index (χ2v) is 7.57. The molecule has 1 fully saturated rings. The molecule has 1 saturated heterocycles. The van der Waals surface area contributed by atoms with Gasteiger partial charge >= 0.3 is 0 Å². The first-order valence-electron chi connectivity index (χ1n) is 10.3. The van der Waals surface area contributed by atoms with E-state index < -0.39 is 0 Å². The zero-order valence-electron chi connectivity index (χ0n) is 17.8. The van der Waals surface area contributed by atoms with E-state index in [9.17, 15) is 0 Å². The molecule has 4 rings (SSSR count). The Morgan fingerprint density at radius 1 is 1.17 bits per heavy atom. The van der Waals surface area contributed by atoms with Crippen LogP contribution in [-0.2, 0) is 11.3 Å². The van der Waals surface area contributed by atoms with Gasteiger partial charge in [0.2, 0.25) is 5.89 Å². The highest BCUT2D eigenvalue weighted by Crippen LogP contribution is 2.25. The van der Waals surface area contributed by atoms with Crippen LogP contribution in [0, 0.1) is 13.8 Å². The topological polar surface area (TPSA) is 62.9 Å². The third-order valence-corrected chi connectivity index (χ3v) is 5.39. The molecule has 1 unspecified atom stereocenters. The lowest BCUT2D eigenvalue weighted by atomic mass is 10.0. The molecule has 6 nitrogen and oxygen atoms in total. The van der Waals surface area contributed by atoms with E-state index in [1.807, 2.05) is 12.1 Å². The zero-order chi connectivity index (χ0) is 20.9. The molecule has 0 aliphatic carbocycles. The fourth-order valence-corrected chi connectivity index (χ4v) is 3.70. The Hall–Kier alpha value is -3.12. The number of hydrogen-bond acceptors (Lipinski definition) is 4. The van der Waals surface area contributed by atoms with Crippen LogP contribution in [0.4, 0.5) is 0 Å². The molecule has 1 aliphatic rings. The van der Waals surface area contributed by atoms with Crippen molar-refractivity contribution in [3.05, 3.63) is 77.2 Å². The van der Waals surface area contributed by atoms with E-state index in [1.54, 1.807) is 13.3 Å². The average Bonchev–Trinajstić information content (AvgIpc) is 3.24. The highest BCUT2D eigenvalue weighted by atomic mass is 16.5. The van der Waals surface area contributed by atoms with Crippen molar-refractivity contribution in [2.45, 2.75) is 26.5 Å². The number of oxazole rings is 1. The van der Waals surface area contributed by atoms with Gasteiger partial charge in [0.1, 0.15) is 12.4 Å². The van der Waals surface area contributed by atoms with Crippen LogP contribution >= 0.6 is 0 Å². The van der Waals surface area contributed by atoms with Gasteiger partial charge in [-0.2, -0.15) is 0 Å². The molecule has 1 aliphatic heterocycles. The summed E-state index contributed by atoms with van der Waals surface area (Å²) in [7, 11) is 1.81. The van der Waals surface area contributed by atoms with Crippen molar-refractivity contribution < 1.29 is 9.15 Å². The molecule has 0 radical (unpaired) electrons. The van der Waals surface area contributed by atoms with Gasteiger partial charge in [0.15, 0.2) is 5.96 Å². The molecular weight excluding hydrogens is 376 g/mol. The van der Waals surface area contributed by atoms with Gasteiger partial charge < -0.3 is 19.4 Å². The minimum absolute atomic E-state index is 0.0405. The summed E-state index contributed by atoms with van der Waals surface area (Å²) in [4.78, 5) is 11.3. The van der Waals surface area contributed by atoms with E-state index in [-0.39, 0.29) is 6.10 Å². The van der Waals surface area contributed by atoms with Gasteiger partial charge in [0.25, 0.3) is 0 Å². The van der Waals surface area contributed by atoms with E-state index in [2.05, 4.69) is 70.4 Å². The van der Waals surface area contributed by atoms with Gasteiger partial charge in [-0.25, -0.2) is 4.98 Å². The Morgan fingerprint density at radius 2 is 1.97 bits per heavy atom. The van der Waals surface area contributed by atoms with E-state index in [0.29, 0.717) is 19.0 Å². The number of hydrogen-bond donors (Lipinski definition) is 1. The summed E-state index contributed by atoms with van der Waals surface area (Å²) in [6.07, 6.45) is 1.74. The van der Waals surface area contributed by atoms with E-state index in [4.69, 9.17) is 9.15 Å². The third kappa shape index (κ3) is 4.54. The lowest BCUT2D eigenvalue weighted by Gasteiger charge is -2.35. The van der Waals surface area contributed by atoms with Crippen LogP contribution in [-0.4, -0.2) is 42.6 Å². The Labute approximate surface area is 177 Å². The van der Waals surface area contributed by atoms with Crippen molar-refractivity contribution >= 4 is 5.96 Å². The van der Waals surface area contributed by atoms with Crippen molar-refractivity contribution in [3.8, 4) is 11.5 Å². The highest BCUT2D eigenvalue weighted by molar-refractivity contribution is 5.80. The number of nitrogens with zero attached hydrogens (tertiary/aromatic N) is 3. The van der Waals surface area contributed by atoms with E-state index in [0.717, 1.165) is 30.3 Å². The Bertz CT molecular complexity index is 1010. The number of aromatic nitrogens is 1. The molecule has 0 bridgehead atoms. The Kier molecular flexibility index (Phi) is 6.14. The Morgan fingerprint density at radius 3 is 2.73 bits per heavy atom.